The van der Waals surface area contributed by atoms with Crippen LogP contribution in [0.4, 0.5) is 5.69 Å². The van der Waals surface area contributed by atoms with E-state index in [1.807, 2.05) is 41.3 Å². The van der Waals surface area contributed by atoms with Gasteiger partial charge in [0.25, 0.3) is 5.91 Å². The van der Waals surface area contributed by atoms with E-state index in [0.29, 0.717) is 31.6 Å². The molecular weight excluding hydrogens is 332 g/mol. The molecule has 134 valence electrons. The highest BCUT2D eigenvalue weighted by atomic mass is 16.4. The zero-order valence-corrected chi connectivity index (χ0v) is 14.3. The maximum atomic E-state index is 13.0. The summed E-state index contributed by atoms with van der Waals surface area (Å²) in [6.07, 6.45) is 1.18. The molecule has 6 heteroatoms. The second kappa shape index (κ2) is 6.53. The minimum absolute atomic E-state index is 0.153. The van der Waals surface area contributed by atoms with Crippen molar-refractivity contribution in [1.29, 1.82) is 0 Å². The van der Waals surface area contributed by atoms with Gasteiger partial charge in [-0.05, 0) is 37.4 Å². The van der Waals surface area contributed by atoms with Crippen molar-refractivity contribution in [3.8, 4) is 0 Å². The third kappa shape index (κ3) is 2.76. The Hall–Kier alpha value is -2.73. The van der Waals surface area contributed by atoms with Gasteiger partial charge in [-0.3, -0.25) is 19.3 Å². The van der Waals surface area contributed by atoms with E-state index in [1.54, 1.807) is 6.07 Å². The molecule has 2 amide bonds. The Bertz CT molecular complexity index is 881. The van der Waals surface area contributed by atoms with Crippen LogP contribution < -0.4 is 4.90 Å². The van der Waals surface area contributed by atoms with Gasteiger partial charge in [0.05, 0.1) is 24.1 Å². The standard InChI is InChI=1S/C20H20N2O4/c23-18-12-17(21-10-8-14(9-11-21)20(25)26)19(24)22(18)16-7-3-5-13-4-1-2-6-15(13)16/h1-7,14,17H,8-12H2,(H,25,26)/t17-/m0/s1. The Balaban J connectivity index is 1.59. The van der Waals surface area contributed by atoms with Crippen LogP contribution in [0.25, 0.3) is 10.8 Å². The van der Waals surface area contributed by atoms with Gasteiger partial charge in [-0.1, -0.05) is 36.4 Å². The van der Waals surface area contributed by atoms with Gasteiger partial charge in [-0.25, -0.2) is 4.90 Å². The summed E-state index contributed by atoms with van der Waals surface area (Å²) in [5, 5.41) is 11.0. The molecule has 2 heterocycles. The lowest BCUT2D eigenvalue weighted by atomic mass is 9.95. The summed E-state index contributed by atoms with van der Waals surface area (Å²) < 4.78 is 0. The molecule has 26 heavy (non-hydrogen) atoms. The summed E-state index contributed by atoms with van der Waals surface area (Å²) in [5.41, 5.74) is 0.626. The van der Waals surface area contributed by atoms with Crippen LogP contribution in [0.5, 0.6) is 0 Å². The second-order valence-corrected chi connectivity index (χ2v) is 6.93. The molecule has 0 aliphatic carbocycles. The number of hydrogen-bond donors (Lipinski definition) is 1. The number of amides is 2. The van der Waals surface area contributed by atoms with Crippen molar-refractivity contribution < 1.29 is 19.5 Å². The topological polar surface area (TPSA) is 77.9 Å². The number of aliphatic carboxylic acids is 1. The number of likely N-dealkylation sites (tertiary alicyclic amines) is 1. The normalized spacial score (nSPS) is 22.3. The number of carbonyl (C=O) groups is 3. The van der Waals surface area contributed by atoms with E-state index in [1.165, 1.54) is 4.90 Å². The van der Waals surface area contributed by atoms with Gasteiger partial charge < -0.3 is 5.11 Å². The maximum Gasteiger partial charge on any atom is 0.306 e. The first-order valence-electron chi connectivity index (χ1n) is 8.87. The number of carbonyl (C=O) groups excluding carboxylic acids is 2. The Labute approximate surface area is 151 Å². The molecule has 2 fully saturated rings. The molecule has 0 saturated carbocycles. The molecule has 2 aliphatic rings. The summed E-state index contributed by atoms with van der Waals surface area (Å²) >= 11 is 0. The Morgan fingerprint density at radius 3 is 2.42 bits per heavy atom. The van der Waals surface area contributed by atoms with E-state index in [4.69, 9.17) is 5.11 Å². The van der Waals surface area contributed by atoms with Crippen LogP contribution in [-0.2, 0) is 14.4 Å². The first kappa shape index (κ1) is 16.7. The van der Waals surface area contributed by atoms with Crippen LogP contribution in [0.1, 0.15) is 19.3 Å². The van der Waals surface area contributed by atoms with Gasteiger partial charge in [-0.15, -0.1) is 0 Å². The number of carboxylic acids is 1. The van der Waals surface area contributed by atoms with Crippen LogP contribution >= 0.6 is 0 Å². The molecule has 1 atom stereocenters. The average molecular weight is 352 g/mol. The van der Waals surface area contributed by atoms with Crippen molar-refractivity contribution in [2.75, 3.05) is 18.0 Å². The fourth-order valence-electron chi connectivity index (χ4n) is 4.02. The molecule has 2 aromatic rings. The summed E-state index contributed by atoms with van der Waals surface area (Å²) in [6, 6.07) is 12.8. The lowest BCUT2D eigenvalue weighted by Crippen LogP contribution is -2.46. The van der Waals surface area contributed by atoms with Crippen molar-refractivity contribution >= 4 is 34.2 Å². The van der Waals surface area contributed by atoms with Crippen LogP contribution in [0, 0.1) is 5.92 Å². The van der Waals surface area contributed by atoms with Crippen molar-refractivity contribution in [1.82, 2.24) is 4.90 Å². The van der Waals surface area contributed by atoms with Gasteiger partial charge in [0.2, 0.25) is 5.91 Å². The highest BCUT2D eigenvalue weighted by Crippen LogP contribution is 2.33. The SMILES string of the molecule is O=C(O)C1CCN([C@H]2CC(=O)N(c3cccc4ccccc34)C2=O)CC1. The maximum absolute atomic E-state index is 13.0. The number of imide groups is 1. The first-order valence-corrected chi connectivity index (χ1v) is 8.87. The number of fused-ring (bicyclic) bond motifs is 1. The van der Waals surface area contributed by atoms with Gasteiger partial charge in [0, 0.05) is 5.39 Å². The largest absolute Gasteiger partial charge is 0.481 e. The van der Waals surface area contributed by atoms with Crippen molar-refractivity contribution in [3.05, 3.63) is 42.5 Å². The van der Waals surface area contributed by atoms with Crippen LogP contribution in [0.15, 0.2) is 42.5 Å². The zero-order chi connectivity index (χ0) is 18.3. The quantitative estimate of drug-likeness (QED) is 0.858. The highest BCUT2D eigenvalue weighted by Gasteiger charge is 2.44. The van der Waals surface area contributed by atoms with E-state index in [0.717, 1.165) is 10.8 Å². The lowest BCUT2D eigenvalue weighted by molar-refractivity contribution is -0.143. The van der Waals surface area contributed by atoms with E-state index < -0.39 is 12.0 Å². The number of anilines is 1. The van der Waals surface area contributed by atoms with E-state index in [2.05, 4.69) is 0 Å². The summed E-state index contributed by atoms with van der Waals surface area (Å²) in [6.45, 7) is 1.06. The Kier molecular flexibility index (Phi) is 4.20. The number of rotatable bonds is 3. The van der Waals surface area contributed by atoms with Crippen LogP contribution in [0.2, 0.25) is 0 Å². The molecule has 2 aromatic carbocycles. The molecule has 0 radical (unpaired) electrons. The number of benzene rings is 2. The monoisotopic (exact) mass is 352 g/mol. The molecule has 0 bridgehead atoms. The third-order valence-corrected chi connectivity index (χ3v) is 5.45. The molecule has 2 aliphatic heterocycles. The zero-order valence-electron chi connectivity index (χ0n) is 14.3. The predicted molar refractivity (Wildman–Crippen MR) is 96.8 cm³/mol. The third-order valence-electron chi connectivity index (χ3n) is 5.45. The Morgan fingerprint density at radius 1 is 1.00 bits per heavy atom. The molecule has 2 saturated heterocycles. The molecule has 0 spiro atoms. The van der Waals surface area contributed by atoms with E-state index in [-0.39, 0.29) is 24.2 Å². The summed E-state index contributed by atoms with van der Waals surface area (Å²) in [5.74, 6) is -1.54. The van der Waals surface area contributed by atoms with Crippen LogP contribution in [-0.4, -0.2) is 46.9 Å². The van der Waals surface area contributed by atoms with Crippen molar-refractivity contribution in [2.24, 2.45) is 5.92 Å². The van der Waals surface area contributed by atoms with Crippen LogP contribution in [0.3, 0.4) is 0 Å². The van der Waals surface area contributed by atoms with E-state index >= 15 is 0 Å². The second-order valence-electron chi connectivity index (χ2n) is 6.93. The number of nitrogens with zero attached hydrogens (tertiary/aromatic N) is 2. The number of piperidine rings is 1. The lowest BCUT2D eigenvalue weighted by Gasteiger charge is -2.33. The fourth-order valence-corrected chi connectivity index (χ4v) is 4.02. The highest BCUT2D eigenvalue weighted by molar-refractivity contribution is 6.25. The van der Waals surface area contributed by atoms with Gasteiger partial charge >= 0.3 is 5.97 Å². The summed E-state index contributed by atoms with van der Waals surface area (Å²) in [4.78, 5) is 40.0. The molecule has 6 nitrogen and oxygen atoms in total. The predicted octanol–water partition coefficient (Wildman–Crippen LogP) is 2.27. The minimum atomic E-state index is -0.782. The first-order chi connectivity index (χ1) is 12.6. The number of hydrogen-bond acceptors (Lipinski definition) is 4. The van der Waals surface area contributed by atoms with Gasteiger partial charge in [-0.2, -0.15) is 0 Å². The van der Waals surface area contributed by atoms with Crippen molar-refractivity contribution in [3.63, 3.8) is 0 Å². The average Bonchev–Trinajstić information content (AvgIpc) is 2.95. The minimum Gasteiger partial charge on any atom is -0.481 e. The summed E-state index contributed by atoms with van der Waals surface area (Å²) in [7, 11) is 0. The molecule has 0 unspecified atom stereocenters. The molecular formula is C20H20N2O4. The fraction of sp³-hybridized carbons (Fsp3) is 0.350. The van der Waals surface area contributed by atoms with E-state index in [9.17, 15) is 14.4 Å². The number of carboxylic acid groups (broad SMARTS) is 1. The van der Waals surface area contributed by atoms with Gasteiger partial charge in [0.15, 0.2) is 0 Å². The molecule has 0 aromatic heterocycles. The van der Waals surface area contributed by atoms with Gasteiger partial charge in [0.1, 0.15) is 0 Å². The molecule has 1 N–H and O–H groups in total. The molecule has 4 rings (SSSR count). The van der Waals surface area contributed by atoms with Crippen molar-refractivity contribution in [2.45, 2.75) is 25.3 Å². The Morgan fingerprint density at radius 2 is 1.69 bits per heavy atom. The smallest absolute Gasteiger partial charge is 0.306 e.